The van der Waals surface area contributed by atoms with Crippen LogP contribution in [0.2, 0.25) is 0 Å². The Morgan fingerprint density at radius 3 is 2.33 bits per heavy atom. The molecule has 0 saturated carbocycles. The van der Waals surface area contributed by atoms with Crippen LogP contribution >= 0.6 is 22.6 Å². The predicted octanol–water partition coefficient (Wildman–Crippen LogP) is 3.07. The molecule has 0 aliphatic rings. The highest BCUT2D eigenvalue weighted by Crippen LogP contribution is 2.27. The molecule has 15 heavy (non-hydrogen) atoms. The normalized spacial score (nSPS) is 11.2. The molecule has 1 amide bonds. The summed E-state index contributed by atoms with van der Waals surface area (Å²) in [6, 6.07) is 8.44. The van der Waals surface area contributed by atoms with Crippen LogP contribution in [0.25, 0.3) is 0 Å². The average Bonchev–Trinajstić information content (AvgIpc) is 2.19. The van der Waals surface area contributed by atoms with Crippen molar-refractivity contribution in [3.63, 3.8) is 0 Å². The van der Waals surface area contributed by atoms with Gasteiger partial charge in [0.2, 0.25) is 0 Å². The number of carbonyl (C=O) groups excluding carboxylic acids is 1. The summed E-state index contributed by atoms with van der Waals surface area (Å²) >= 11 is 0.843. The van der Waals surface area contributed by atoms with Crippen molar-refractivity contribution in [2.24, 2.45) is 0 Å². The van der Waals surface area contributed by atoms with E-state index in [9.17, 15) is 13.6 Å². The zero-order valence-electron chi connectivity index (χ0n) is 8.08. The molecule has 0 aliphatic heterocycles. The lowest BCUT2D eigenvalue weighted by Crippen LogP contribution is -2.40. The van der Waals surface area contributed by atoms with Gasteiger partial charge in [-0.15, -0.1) is 0 Å². The van der Waals surface area contributed by atoms with E-state index in [1.165, 1.54) is 0 Å². The first kappa shape index (κ1) is 12.4. The lowest BCUT2D eigenvalue weighted by molar-refractivity contribution is -0.130. The molecule has 0 aromatic heterocycles. The number of anilines is 1. The number of nitrogens with zero attached hydrogens (tertiary/aromatic N) is 1. The molecule has 0 saturated heterocycles. The van der Waals surface area contributed by atoms with Crippen LogP contribution in [-0.4, -0.2) is 16.4 Å². The van der Waals surface area contributed by atoms with E-state index in [2.05, 4.69) is 0 Å². The quantitative estimate of drug-likeness (QED) is 0.618. The van der Waals surface area contributed by atoms with Crippen molar-refractivity contribution >= 4 is 34.2 Å². The maximum atomic E-state index is 12.8. The van der Waals surface area contributed by atoms with Gasteiger partial charge in [-0.1, -0.05) is 18.2 Å². The molecule has 0 radical (unpaired) electrons. The Balaban J connectivity index is 2.96. The third-order valence-electron chi connectivity index (χ3n) is 1.87. The van der Waals surface area contributed by atoms with Gasteiger partial charge in [0.05, 0.1) is 0 Å². The second-order valence-electron chi connectivity index (χ2n) is 2.88. The van der Waals surface area contributed by atoms with Gasteiger partial charge in [0.25, 0.3) is 0 Å². The molecule has 0 bridgehead atoms. The Morgan fingerprint density at radius 2 is 1.93 bits per heavy atom. The van der Waals surface area contributed by atoms with Crippen molar-refractivity contribution in [3.8, 4) is 0 Å². The summed E-state index contributed by atoms with van der Waals surface area (Å²) in [6.45, 7) is 1.88. The van der Waals surface area contributed by atoms with Crippen LogP contribution in [0.15, 0.2) is 30.3 Å². The lowest BCUT2D eigenvalue weighted by Gasteiger charge is -2.23. The van der Waals surface area contributed by atoms with Crippen LogP contribution in [0.3, 0.4) is 0 Å². The number of halogens is 3. The molecule has 1 rings (SSSR count). The van der Waals surface area contributed by atoms with Gasteiger partial charge in [0, 0.05) is 34.8 Å². The van der Waals surface area contributed by atoms with E-state index in [-0.39, 0.29) is 6.54 Å². The summed E-state index contributed by atoms with van der Waals surface area (Å²) in [4.78, 5) is 12.4. The summed E-state index contributed by atoms with van der Waals surface area (Å²) in [7, 11) is 0. The highest BCUT2D eigenvalue weighted by Gasteiger charge is 2.38. The summed E-state index contributed by atoms with van der Waals surface area (Å²) in [5.74, 6) is -1.18. The minimum Gasteiger partial charge on any atom is -0.307 e. The molecule has 0 unspecified atom stereocenters. The van der Waals surface area contributed by atoms with Crippen LogP contribution in [-0.2, 0) is 4.79 Å². The van der Waals surface area contributed by atoms with E-state index < -0.39 is 9.84 Å². The number of carbonyl (C=O) groups is 1. The Bertz CT molecular complexity index is 337. The molecule has 0 heterocycles. The zero-order chi connectivity index (χ0) is 11.5. The molecule has 5 heteroatoms. The van der Waals surface area contributed by atoms with E-state index in [1.807, 2.05) is 0 Å². The number of para-hydroxylation sites is 1. The maximum absolute atomic E-state index is 12.8. The Labute approximate surface area is 100 Å². The number of benzene rings is 1. The second kappa shape index (κ2) is 4.87. The molecule has 0 fully saturated rings. The van der Waals surface area contributed by atoms with Crippen molar-refractivity contribution in [1.29, 1.82) is 0 Å². The predicted molar refractivity (Wildman–Crippen MR) is 63.4 cm³/mol. The Morgan fingerprint density at radius 1 is 1.40 bits per heavy atom. The van der Waals surface area contributed by atoms with E-state index in [4.69, 9.17) is 0 Å². The molecule has 1 aromatic carbocycles. The average molecular weight is 325 g/mol. The minimum absolute atomic E-state index is 0.224. The van der Waals surface area contributed by atoms with Gasteiger partial charge in [-0.2, -0.15) is 8.78 Å². The van der Waals surface area contributed by atoms with Crippen LogP contribution in [0.1, 0.15) is 6.92 Å². The number of amides is 1. The van der Waals surface area contributed by atoms with E-state index in [1.54, 1.807) is 37.3 Å². The topological polar surface area (TPSA) is 20.3 Å². The first-order chi connectivity index (χ1) is 6.96. The second-order valence-corrected chi connectivity index (χ2v) is 4.24. The molecule has 0 atom stereocenters. The third kappa shape index (κ3) is 3.12. The molecule has 82 valence electrons. The fourth-order valence-corrected chi connectivity index (χ4v) is 1.50. The maximum Gasteiger partial charge on any atom is 0.373 e. The van der Waals surface area contributed by atoms with Crippen molar-refractivity contribution in [2.45, 2.75) is 10.9 Å². The minimum atomic E-state index is -3.36. The summed E-state index contributed by atoms with van der Waals surface area (Å²) in [6.07, 6.45) is 0. The molecule has 0 spiro atoms. The van der Waals surface area contributed by atoms with E-state index >= 15 is 0 Å². The monoisotopic (exact) mass is 325 g/mol. The first-order valence-corrected chi connectivity index (χ1v) is 5.48. The SMILES string of the molecule is CCN(C(=O)C(F)(F)I)c1ccccc1. The third-order valence-corrected chi connectivity index (χ3v) is 2.33. The fraction of sp³-hybridized carbons (Fsp3) is 0.300. The highest BCUT2D eigenvalue weighted by atomic mass is 127. The Kier molecular flexibility index (Phi) is 4.01. The van der Waals surface area contributed by atoms with Gasteiger partial charge in [0.1, 0.15) is 0 Å². The molecular formula is C10H10F2INO. The summed E-state index contributed by atoms with van der Waals surface area (Å²) in [5.41, 5.74) is 0.487. The summed E-state index contributed by atoms with van der Waals surface area (Å²) in [5, 5.41) is 0. The van der Waals surface area contributed by atoms with Crippen LogP contribution in [0, 0.1) is 0 Å². The molecule has 0 aliphatic carbocycles. The molecule has 0 N–H and O–H groups in total. The molecule has 2 nitrogen and oxygen atoms in total. The largest absolute Gasteiger partial charge is 0.373 e. The number of hydrogen-bond donors (Lipinski definition) is 0. The summed E-state index contributed by atoms with van der Waals surface area (Å²) < 4.78 is 22.3. The molecule has 1 aromatic rings. The zero-order valence-corrected chi connectivity index (χ0v) is 10.2. The first-order valence-electron chi connectivity index (χ1n) is 4.40. The lowest BCUT2D eigenvalue weighted by atomic mass is 10.3. The van der Waals surface area contributed by atoms with Gasteiger partial charge in [0.15, 0.2) is 0 Å². The smallest absolute Gasteiger partial charge is 0.307 e. The molecular weight excluding hydrogens is 315 g/mol. The highest BCUT2D eigenvalue weighted by molar-refractivity contribution is 14.1. The van der Waals surface area contributed by atoms with Gasteiger partial charge < -0.3 is 4.90 Å². The van der Waals surface area contributed by atoms with E-state index in [0.717, 1.165) is 27.5 Å². The van der Waals surface area contributed by atoms with E-state index in [0.29, 0.717) is 5.69 Å². The standard InChI is InChI=1S/C10H10F2INO/c1-2-14(9(15)10(11,12)13)8-6-4-3-5-7-8/h3-7H,2H2,1H3. The number of hydrogen-bond acceptors (Lipinski definition) is 1. The van der Waals surface area contributed by atoms with Crippen LogP contribution in [0.4, 0.5) is 14.5 Å². The van der Waals surface area contributed by atoms with Gasteiger partial charge >= 0.3 is 9.84 Å². The van der Waals surface area contributed by atoms with Crippen LogP contribution in [0.5, 0.6) is 0 Å². The fourth-order valence-electron chi connectivity index (χ4n) is 1.20. The van der Waals surface area contributed by atoms with Crippen molar-refractivity contribution in [3.05, 3.63) is 30.3 Å². The van der Waals surface area contributed by atoms with Gasteiger partial charge in [-0.05, 0) is 19.1 Å². The van der Waals surface area contributed by atoms with Crippen molar-refractivity contribution < 1.29 is 13.6 Å². The van der Waals surface area contributed by atoms with Crippen molar-refractivity contribution in [2.75, 3.05) is 11.4 Å². The number of rotatable bonds is 3. The number of alkyl halides is 3. The van der Waals surface area contributed by atoms with Gasteiger partial charge in [-0.3, -0.25) is 4.79 Å². The Hall–Kier alpha value is -0.720. The van der Waals surface area contributed by atoms with Crippen LogP contribution < -0.4 is 4.90 Å². The van der Waals surface area contributed by atoms with Crippen molar-refractivity contribution in [1.82, 2.24) is 0 Å². The van der Waals surface area contributed by atoms with Gasteiger partial charge in [-0.25, -0.2) is 0 Å².